The zero-order valence-electron chi connectivity index (χ0n) is 13.8. The Morgan fingerprint density at radius 3 is 2.62 bits per heavy atom. The maximum Gasteiger partial charge on any atom is 0.257 e. The highest BCUT2D eigenvalue weighted by molar-refractivity contribution is 6.31. The summed E-state index contributed by atoms with van der Waals surface area (Å²) in [5.74, 6) is -0.238. The van der Waals surface area contributed by atoms with Gasteiger partial charge < -0.3 is 5.32 Å². The second kappa shape index (κ2) is 6.98. The summed E-state index contributed by atoms with van der Waals surface area (Å²) in [5.41, 5.74) is 3.68. The Bertz CT molecular complexity index is 1080. The van der Waals surface area contributed by atoms with Crippen molar-refractivity contribution in [2.45, 2.75) is 6.54 Å². The molecule has 0 radical (unpaired) electrons. The Labute approximate surface area is 155 Å². The van der Waals surface area contributed by atoms with Gasteiger partial charge in [0.15, 0.2) is 5.65 Å². The summed E-state index contributed by atoms with van der Waals surface area (Å²) in [4.78, 5) is 16.9. The minimum atomic E-state index is -0.238. The van der Waals surface area contributed by atoms with E-state index in [4.69, 9.17) is 11.6 Å². The highest BCUT2D eigenvalue weighted by atomic mass is 35.5. The summed E-state index contributed by atoms with van der Waals surface area (Å²) < 4.78 is 1.68. The number of nitrogens with zero attached hydrogens (tertiary/aromatic N) is 3. The van der Waals surface area contributed by atoms with Crippen LogP contribution < -0.4 is 5.32 Å². The van der Waals surface area contributed by atoms with Crippen molar-refractivity contribution in [3.8, 4) is 11.3 Å². The molecule has 0 bridgehead atoms. The first kappa shape index (κ1) is 16.3. The number of carbonyl (C=O) groups is 1. The van der Waals surface area contributed by atoms with Gasteiger partial charge >= 0.3 is 0 Å². The summed E-state index contributed by atoms with van der Waals surface area (Å²) in [6.07, 6.45) is 3.22. The second-order valence-electron chi connectivity index (χ2n) is 5.76. The average Bonchev–Trinajstić information content (AvgIpc) is 3.12. The molecule has 128 valence electrons. The zero-order chi connectivity index (χ0) is 17.9. The standard InChI is InChI=1S/C20H15ClN4O/c21-17-9-5-4-8-15(17)12-23-20(26)16-13-24-25-18(10-11-22-19(16)25)14-6-2-1-3-7-14/h1-11,13H,12H2,(H,23,26). The number of hydrogen-bond acceptors (Lipinski definition) is 3. The van der Waals surface area contributed by atoms with Gasteiger partial charge in [-0.3, -0.25) is 4.79 Å². The van der Waals surface area contributed by atoms with Crippen LogP contribution in [0, 0.1) is 0 Å². The van der Waals surface area contributed by atoms with E-state index in [2.05, 4.69) is 15.4 Å². The van der Waals surface area contributed by atoms with E-state index in [1.165, 1.54) is 6.20 Å². The number of halogens is 1. The van der Waals surface area contributed by atoms with Crippen molar-refractivity contribution in [2.75, 3.05) is 0 Å². The van der Waals surface area contributed by atoms with Gasteiger partial charge in [-0.05, 0) is 17.7 Å². The first-order valence-electron chi connectivity index (χ1n) is 8.14. The number of hydrogen-bond donors (Lipinski definition) is 1. The van der Waals surface area contributed by atoms with Crippen LogP contribution in [0.2, 0.25) is 5.02 Å². The van der Waals surface area contributed by atoms with Crippen molar-refractivity contribution < 1.29 is 4.79 Å². The van der Waals surface area contributed by atoms with Crippen molar-refractivity contribution in [1.82, 2.24) is 19.9 Å². The molecule has 4 rings (SSSR count). The number of rotatable bonds is 4. The molecule has 26 heavy (non-hydrogen) atoms. The Morgan fingerprint density at radius 1 is 1.04 bits per heavy atom. The fourth-order valence-electron chi connectivity index (χ4n) is 2.79. The van der Waals surface area contributed by atoms with E-state index in [0.29, 0.717) is 22.8 Å². The summed E-state index contributed by atoms with van der Waals surface area (Å²) in [7, 11) is 0. The third kappa shape index (κ3) is 3.05. The van der Waals surface area contributed by atoms with Crippen LogP contribution >= 0.6 is 11.6 Å². The largest absolute Gasteiger partial charge is 0.348 e. The maximum absolute atomic E-state index is 12.6. The van der Waals surface area contributed by atoms with Gasteiger partial charge in [0.2, 0.25) is 0 Å². The van der Waals surface area contributed by atoms with Gasteiger partial charge in [-0.25, -0.2) is 9.50 Å². The van der Waals surface area contributed by atoms with Crippen LogP contribution in [0.15, 0.2) is 73.1 Å². The molecule has 1 N–H and O–H groups in total. The molecule has 0 atom stereocenters. The molecule has 2 aromatic carbocycles. The third-order valence-electron chi connectivity index (χ3n) is 4.11. The molecule has 2 aromatic heterocycles. The predicted molar refractivity (Wildman–Crippen MR) is 101 cm³/mol. The van der Waals surface area contributed by atoms with E-state index in [1.807, 2.05) is 54.6 Å². The van der Waals surface area contributed by atoms with E-state index in [1.54, 1.807) is 16.8 Å². The monoisotopic (exact) mass is 362 g/mol. The first-order chi connectivity index (χ1) is 12.7. The van der Waals surface area contributed by atoms with Crippen LogP contribution in [0.5, 0.6) is 0 Å². The summed E-state index contributed by atoms with van der Waals surface area (Å²) in [6, 6.07) is 19.2. The summed E-state index contributed by atoms with van der Waals surface area (Å²) in [6.45, 7) is 0.341. The number of benzene rings is 2. The minimum absolute atomic E-state index is 0.238. The predicted octanol–water partition coefficient (Wildman–Crippen LogP) is 3.98. The lowest BCUT2D eigenvalue weighted by Crippen LogP contribution is -2.23. The van der Waals surface area contributed by atoms with Crippen LogP contribution in [-0.4, -0.2) is 20.5 Å². The molecule has 4 aromatic rings. The van der Waals surface area contributed by atoms with E-state index in [0.717, 1.165) is 16.8 Å². The topological polar surface area (TPSA) is 59.3 Å². The van der Waals surface area contributed by atoms with Crippen LogP contribution in [0.4, 0.5) is 0 Å². The quantitative estimate of drug-likeness (QED) is 0.597. The van der Waals surface area contributed by atoms with Gasteiger partial charge in [0, 0.05) is 23.3 Å². The molecule has 6 heteroatoms. The van der Waals surface area contributed by atoms with Crippen molar-refractivity contribution in [2.24, 2.45) is 0 Å². The normalized spacial score (nSPS) is 10.8. The minimum Gasteiger partial charge on any atom is -0.348 e. The average molecular weight is 363 g/mol. The number of carbonyl (C=O) groups excluding carboxylic acids is 1. The molecule has 0 unspecified atom stereocenters. The fraction of sp³-hybridized carbons (Fsp3) is 0.0500. The molecular formula is C20H15ClN4O. The molecule has 5 nitrogen and oxygen atoms in total. The van der Waals surface area contributed by atoms with E-state index in [9.17, 15) is 4.79 Å². The summed E-state index contributed by atoms with van der Waals surface area (Å²) >= 11 is 6.14. The lowest BCUT2D eigenvalue weighted by atomic mass is 10.1. The lowest BCUT2D eigenvalue weighted by Gasteiger charge is -2.07. The van der Waals surface area contributed by atoms with Gasteiger partial charge in [-0.2, -0.15) is 5.10 Å². The SMILES string of the molecule is O=C(NCc1ccccc1Cl)c1cnn2c(-c3ccccc3)ccnc12. The van der Waals surface area contributed by atoms with Gasteiger partial charge in [0.1, 0.15) is 5.56 Å². The molecule has 0 aliphatic carbocycles. The van der Waals surface area contributed by atoms with Crippen LogP contribution in [0.3, 0.4) is 0 Å². The Hall–Kier alpha value is -3.18. The molecule has 0 saturated heterocycles. The Kier molecular flexibility index (Phi) is 4.37. The number of aromatic nitrogens is 3. The van der Waals surface area contributed by atoms with Gasteiger partial charge in [-0.15, -0.1) is 0 Å². The van der Waals surface area contributed by atoms with E-state index >= 15 is 0 Å². The van der Waals surface area contributed by atoms with Gasteiger partial charge in [0.25, 0.3) is 5.91 Å². The van der Waals surface area contributed by atoms with Crippen LogP contribution in [0.25, 0.3) is 16.9 Å². The van der Waals surface area contributed by atoms with Gasteiger partial charge in [0.05, 0.1) is 11.9 Å². The van der Waals surface area contributed by atoms with Crippen molar-refractivity contribution in [3.63, 3.8) is 0 Å². The lowest BCUT2D eigenvalue weighted by molar-refractivity contribution is 0.0952. The Balaban J connectivity index is 1.63. The van der Waals surface area contributed by atoms with E-state index in [-0.39, 0.29) is 5.91 Å². The molecule has 1 amide bonds. The van der Waals surface area contributed by atoms with Crippen LogP contribution in [0.1, 0.15) is 15.9 Å². The highest BCUT2D eigenvalue weighted by Crippen LogP contribution is 2.21. The van der Waals surface area contributed by atoms with Crippen molar-refractivity contribution in [1.29, 1.82) is 0 Å². The van der Waals surface area contributed by atoms with Crippen molar-refractivity contribution >= 4 is 23.2 Å². The summed E-state index contributed by atoms with van der Waals surface area (Å²) in [5, 5.41) is 7.86. The fourth-order valence-corrected chi connectivity index (χ4v) is 2.99. The molecule has 0 aliphatic rings. The molecule has 0 saturated carbocycles. The Morgan fingerprint density at radius 2 is 1.81 bits per heavy atom. The molecule has 0 spiro atoms. The van der Waals surface area contributed by atoms with Crippen LogP contribution in [-0.2, 0) is 6.54 Å². The maximum atomic E-state index is 12.6. The smallest absolute Gasteiger partial charge is 0.257 e. The highest BCUT2D eigenvalue weighted by Gasteiger charge is 2.16. The number of fused-ring (bicyclic) bond motifs is 1. The third-order valence-corrected chi connectivity index (χ3v) is 4.48. The van der Waals surface area contributed by atoms with E-state index < -0.39 is 0 Å². The number of amides is 1. The molecule has 0 fully saturated rings. The zero-order valence-corrected chi connectivity index (χ0v) is 14.5. The molecule has 0 aliphatic heterocycles. The second-order valence-corrected chi connectivity index (χ2v) is 6.17. The van der Waals surface area contributed by atoms with Crippen molar-refractivity contribution in [3.05, 3.63) is 89.2 Å². The molecular weight excluding hydrogens is 348 g/mol. The van der Waals surface area contributed by atoms with Gasteiger partial charge in [-0.1, -0.05) is 60.1 Å². The first-order valence-corrected chi connectivity index (χ1v) is 8.51. The molecule has 2 heterocycles. The number of nitrogens with one attached hydrogen (secondary N) is 1.